The molecule has 1 amide bonds. The summed E-state index contributed by atoms with van der Waals surface area (Å²) >= 11 is 1.61. The van der Waals surface area contributed by atoms with E-state index in [2.05, 4.69) is 31.4 Å². The van der Waals surface area contributed by atoms with Crippen LogP contribution < -0.4 is 10.1 Å². The summed E-state index contributed by atoms with van der Waals surface area (Å²) in [7, 11) is 1.52. The van der Waals surface area contributed by atoms with Gasteiger partial charge in [-0.15, -0.1) is 11.3 Å². The third-order valence-electron chi connectivity index (χ3n) is 4.96. The summed E-state index contributed by atoms with van der Waals surface area (Å²) in [5.41, 5.74) is 5.90. The molecule has 0 atom stereocenters. The number of rotatable bonds is 6. The van der Waals surface area contributed by atoms with Crippen LogP contribution in [0.15, 0.2) is 72.8 Å². The average Bonchev–Trinajstić information content (AvgIpc) is 3.54. The number of benzene rings is 1. The van der Waals surface area contributed by atoms with Crippen LogP contribution in [-0.2, 0) is 6.54 Å². The minimum Gasteiger partial charge on any atom is -0.496 e. The number of carbonyl (C=O) groups excluding carboxylic acids is 1. The molecular formula is C23H18N6O2S. The van der Waals surface area contributed by atoms with E-state index in [1.165, 1.54) is 13.3 Å². The lowest BCUT2D eigenvalue weighted by molar-refractivity contribution is 0.0947. The summed E-state index contributed by atoms with van der Waals surface area (Å²) in [6, 6.07) is 13.5. The quantitative estimate of drug-likeness (QED) is 0.429. The van der Waals surface area contributed by atoms with Crippen LogP contribution in [0.2, 0.25) is 0 Å². The number of aromatic nitrogens is 5. The summed E-state index contributed by atoms with van der Waals surface area (Å²) in [6.45, 7) is 0.335. The van der Waals surface area contributed by atoms with Crippen molar-refractivity contribution < 1.29 is 9.53 Å². The molecule has 0 aliphatic carbocycles. The lowest BCUT2D eigenvalue weighted by Gasteiger charge is -2.11. The van der Waals surface area contributed by atoms with Gasteiger partial charge < -0.3 is 10.1 Å². The molecule has 0 radical (unpaired) electrons. The van der Waals surface area contributed by atoms with Crippen LogP contribution in [0.3, 0.4) is 0 Å². The molecule has 1 N–H and O–H groups in total. The number of hydrogen-bond donors (Lipinski definition) is 1. The van der Waals surface area contributed by atoms with Gasteiger partial charge in [-0.3, -0.25) is 9.78 Å². The smallest absolute Gasteiger partial charge is 0.256 e. The van der Waals surface area contributed by atoms with Crippen molar-refractivity contribution in [3.8, 4) is 22.8 Å². The van der Waals surface area contributed by atoms with Crippen molar-refractivity contribution in [1.82, 2.24) is 30.0 Å². The van der Waals surface area contributed by atoms with Crippen molar-refractivity contribution in [3.63, 3.8) is 0 Å². The second-order valence-corrected chi connectivity index (χ2v) is 7.85. The zero-order valence-electron chi connectivity index (χ0n) is 17.1. The van der Waals surface area contributed by atoms with Gasteiger partial charge >= 0.3 is 0 Å². The topological polar surface area (TPSA) is 94.8 Å². The minimum atomic E-state index is -0.278. The van der Waals surface area contributed by atoms with Crippen LogP contribution >= 0.6 is 11.3 Å². The largest absolute Gasteiger partial charge is 0.496 e. The summed E-state index contributed by atoms with van der Waals surface area (Å²) in [5.74, 6) is 0.715. The Morgan fingerprint density at radius 3 is 2.84 bits per heavy atom. The second kappa shape index (κ2) is 8.56. The summed E-state index contributed by atoms with van der Waals surface area (Å²) in [5, 5.41) is 7.04. The molecule has 4 heterocycles. The Labute approximate surface area is 187 Å². The van der Waals surface area contributed by atoms with E-state index >= 15 is 0 Å². The van der Waals surface area contributed by atoms with Crippen LogP contribution in [0.4, 0.5) is 0 Å². The van der Waals surface area contributed by atoms with Gasteiger partial charge in [0, 0.05) is 43.0 Å². The Balaban J connectivity index is 1.27. The molecule has 5 aromatic rings. The van der Waals surface area contributed by atoms with Gasteiger partial charge in [0.05, 0.1) is 34.1 Å². The number of nitrogens with one attached hydrogen (secondary N) is 1. The molecule has 5 rings (SSSR count). The number of ether oxygens (including phenoxy) is 1. The maximum absolute atomic E-state index is 12.7. The molecule has 158 valence electrons. The standard InChI is InChI=1S/C23H18N6O2S/c1-31-20-10-22(29-8-2-7-28-29)25-13-17(20)23(30)26-12-15-3-5-18(24-11-15)16-4-6-21-19(9-16)27-14-32-21/h2-11,13-14H,12H2,1H3,(H,26,30). The van der Waals surface area contributed by atoms with Gasteiger partial charge in [-0.05, 0) is 29.8 Å². The second-order valence-electron chi connectivity index (χ2n) is 6.96. The lowest BCUT2D eigenvalue weighted by Crippen LogP contribution is -2.23. The summed E-state index contributed by atoms with van der Waals surface area (Å²) in [6.07, 6.45) is 6.68. The molecule has 0 fully saturated rings. The molecule has 0 aliphatic rings. The predicted molar refractivity (Wildman–Crippen MR) is 122 cm³/mol. The molecule has 0 unspecified atom stereocenters. The van der Waals surface area contributed by atoms with E-state index in [1.54, 1.807) is 46.7 Å². The number of nitrogens with zero attached hydrogens (tertiary/aromatic N) is 5. The molecule has 32 heavy (non-hydrogen) atoms. The molecule has 1 aromatic carbocycles. The SMILES string of the molecule is COc1cc(-n2cccn2)ncc1C(=O)NCc1ccc(-c2ccc3scnc3c2)nc1. The van der Waals surface area contributed by atoms with E-state index in [9.17, 15) is 4.79 Å². The molecule has 8 nitrogen and oxygen atoms in total. The Morgan fingerprint density at radius 2 is 2.06 bits per heavy atom. The summed E-state index contributed by atoms with van der Waals surface area (Å²) < 4.78 is 8.14. The van der Waals surface area contributed by atoms with Crippen molar-refractivity contribution in [2.45, 2.75) is 6.54 Å². The van der Waals surface area contributed by atoms with Gasteiger partial charge in [0.2, 0.25) is 0 Å². The molecule has 0 saturated heterocycles. The maximum Gasteiger partial charge on any atom is 0.256 e. The van der Waals surface area contributed by atoms with Gasteiger partial charge in [-0.25, -0.2) is 14.6 Å². The van der Waals surface area contributed by atoms with Crippen LogP contribution in [0.5, 0.6) is 5.75 Å². The number of hydrogen-bond acceptors (Lipinski definition) is 7. The van der Waals surface area contributed by atoms with E-state index in [4.69, 9.17) is 4.74 Å². The molecular weight excluding hydrogens is 424 g/mol. The number of carbonyl (C=O) groups is 1. The van der Waals surface area contributed by atoms with Crippen molar-refractivity contribution in [1.29, 1.82) is 0 Å². The molecule has 0 aliphatic heterocycles. The number of pyridine rings is 2. The van der Waals surface area contributed by atoms with Crippen molar-refractivity contribution >= 4 is 27.5 Å². The van der Waals surface area contributed by atoms with Gasteiger partial charge in [0.1, 0.15) is 5.75 Å². The number of methoxy groups -OCH3 is 1. The van der Waals surface area contributed by atoms with Crippen LogP contribution in [0.25, 0.3) is 27.3 Å². The highest BCUT2D eigenvalue weighted by Gasteiger charge is 2.15. The van der Waals surface area contributed by atoms with Crippen molar-refractivity contribution in [3.05, 3.63) is 83.9 Å². The van der Waals surface area contributed by atoms with Crippen LogP contribution in [0, 0.1) is 0 Å². The number of amides is 1. The van der Waals surface area contributed by atoms with E-state index in [0.717, 1.165) is 27.0 Å². The highest BCUT2D eigenvalue weighted by Crippen LogP contribution is 2.25. The third-order valence-corrected chi connectivity index (χ3v) is 5.77. The number of fused-ring (bicyclic) bond motifs is 1. The molecule has 0 spiro atoms. The third kappa shape index (κ3) is 3.93. The number of thiazole rings is 1. The highest BCUT2D eigenvalue weighted by atomic mass is 32.1. The predicted octanol–water partition coefficient (Wildman–Crippen LogP) is 3.88. The van der Waals surface area contributed by atoms with E-state index in [0.29, 0.717) is 23.7 Å². The van der Waals surface area contributed by atoms with E-state index in [-0.39, 0.29) is 5.91 Å². The van der Waals surface area contributed by atoms with E-state index < -0.39 is 0 Å². The Kier molecular flexibility index (Phi) is 5.30. The fourth-order valence-electron chi connectivity index (χ4n) is 3.29. The van der Waals surface area contributed by atoms with Gasteiger partial charge in [-0.1, -0.05) is 12.1 Å². The molecule has 4 aromatic heterocycles. The zero-order valence-corrected chi connectivity index (χ0v) is 17.9. The zero-order chi connectivity index (χ0) is 21.9. The lowest BCUT2D eigenvalue weighted by atomic mass is 10.1. The first-order valence-electron chi connectivity index (χ1n) is 9.82. The van der Waals surface area contributed by atoms with Gasteiger partial charge in [0.15, 0.2) is 5.82 Å². The first-order chi connectivity index (χ1) is 15.7. The monoisotopic (exact) mass is 442 g/mol. The first-order valence-corrected chi connectivity index (χ1v) is 10.7. The van der Waals surface area contributed by atoms with Crippen LogP contribution in [0.1, 0.15) is 15.9 Å². The normalized spacial score (nSPS) is 10.9. The average molecular weight is 443 g/mol. The Bertz CT molecular complexity index is 1380. The molecule has 0 saturated carbocycles. The molecule has 9 heteroatoms. The molecule has 0 bridgehead atoms. The Hall–Kier alpha value is -4.11. The maximum atomic E-state index is 12.7. The van der Waals surface area contributed by atoms with Gasteiger partial charge in [0.25, 0.3) is 5.91 Å². The fourth-order valence-corrected chi connectivity index (χ4v) is 3.95. The minimum absolute atomic E-state index is 0.278. The highest BCUT2D eigenvalue weighted by molar-refractivity contribution is 7.16. The first kappa shape index (κ1) is 19.8. The van der Waals surface area contributed by atoms with E-state index in [1.807, 2.05) is 29.8 Å². The van der Waals surface area contributed by atoms with Crippen molar-refractivity contribution in [2.24, 2.45) is 0 Å². The van der Waals surface area contributed by atoms with Gasteiger partial charge in [-0.2, -0.15) is 5.10 Å². The fraction of sp³-hybridized carbons (Fsp3) is 0.0870. The Morgan fingerprint density at radius 1 is 1.12 bits per heavy atom. The van der Waals surface area contributed by atoms with Crippen LogP contribution in [-0.4, -0.2) is 37.7 Å². The summed E-state index contributed by atoms with van der Waals surface area (Å²) in [4.78, 5) is 25.9. The van der Waals surface area contributed by atoms with Crippen molar-refractivity contribution in [2.75, 3.05) is 7.11 Å².